The summed E-state index contributed by atoms with van der Waals surface area (Å²) >= 11 is 0. The van der Waals surface area contributed by atoms with Gasteiger partial charge in [-0.2, -0.15) is 0 Å². The van der Waals surface area contributed by atoms with Gasteiger partial charge < -0.3 is 10.5 Å². The number of rotatable bonds is 3. The minimum Gasteiger partial charge on any atom is -0.398 e. The number of nitrogens with two attached hydrogens (primary N) is 1. The monoisotopic (exact) mass is 350 g/mol. The van der Waals surface area contributed by atoms with Crippen LogP contribution in [0.25, 0.3) is 22.0 Å². The smallest absolute Gasteiger partial charge is 0.141 e. The van der Waals surface area contributed by atoms with Crippen molar-refractivity contribution in [2.24, 2.45) is 0 Å². The molecule has 1 unspecified atom stereocenters. The van der Waals surface area contributed by atoms with Crippen molar-refractivity contribution in [2.45, 2.75) is 26.4 Å². The van der Waals surface area contributed by atoms with Crippen molar-refractivity contribution in [3.05, 3.63) is 53.2 Å². The third-order valence-electron chi connectivity index (χ3n) is 5.15. The minimum absolute atomic E-state index is 0.363. The second-order valence-electron chi connectivity index (χ2n) is 6.54. The quantitative estimate of drug-likeness (QED) is 0.733. The summed E-state index contributed by atoms with van der Waals surface area (Å²) in [7, 11) is 0. The van der Waals surface area contributed by atoms with Crippen LogP contribution in [-0.4, -0.2) is 27.7 Å². The van der Waals surface area contributed by atoms with Crippen LogP contribution in [0.1, 0.15) is 29.8 Å². The maximum atomic E-state index is 14.8. The number of nitrogens with zero attached hydrogens (tertiary/aromatic N) is 3. The summed E-state index contributed by atoms with van der Waals surface area (Å²) < 4.78 is 14.8. The molecule has 3 aromatic rings. The van der Waals surface area contributed by atoms with Crippen LogP contribution < -0.4 is 5.73 Å². The molecule has 1 atom stereocenters. The summed E-state index contributed by atoms with van der Waals surface area (Å²) in [6, 6.07) is 4.47. The summed E-state index contributed by atoms with van der Waals surface area (Å²) in [5.41, 5.74) is 10.9. The summed E-state index contributed by atoms with van der Waals surface area (Å²) in [6.07, 6.45) is 4.22. The number of hydrogen-bond donors (Lipinski definition) is 1. The fraction of sp³-hybridized carbons (Fsp3) is 0.250. The lowest BCUT2D eigenvalue weighted by Crippen LogP contribution is -2.22. The number of anilines is 1. The lowest BCUT2D eigenvalue weighted by Gasteiger charge is -2.18. The van der Waals surface area contributed by atoms with Gasteiger partial charge in [-0.3, -0.25) is 14.9 Å². The largest absolute Gasteiger partial charge is 0.398 e. The number of aryl methyl sites for hydroxylation is 1. The van der Waals surface area contributed by atoms with E-state index in [1.807, 2.05) is 24.8 Å². The van der Waals surface area contributed by atoms with Crippen LogP contribution in [0.2, 0.25) is 0 Å². The first-order valence-electron chi connectivity index (χ1n) is 8.57. The molecular formula is C20H19FN4O. The molecule has 2 N–H and O–H groups in total. The lowest BCUT2D eigenvalue weighted by atomic mass is 9.96. The number of pyridine rings is 2. The molecule has 0 aliphatic carbocycles. The molecule has 0 saturated heterocycles. The zero-order valence-corrected chi connectivity index (χ0v) is 14.7. The molecule has 5 nitrogen and oxygen atoms in total. The Morgan fingerprint density at radius 1 is 1.38 bits per heavy atom. The summed E-state index contributed by atoms with van der Waals surface area (Å²) in [5, 5.41) is 0.660. The number of carbonyl (C=O) groups excluding carboxylic acids is 1. The Balaban J connectivity index is 2.06. The number of aldehydes is 1. The predicted octanol–water partition coefficient (Wildman–Crippen LogP) is 3.40. The van der Waals surface area contributed by atoms with Crippen molar-refractivity contribution in [3.8, 4) is 11.1 Å². The number of benzene rings is 1. The van der Waals surface area contributed by atoms with Crippen LogP contribution in [0.5, 0.6) is 0 Å². The predicted molar refractivity (Wildman–Crippen MR) is 99.0 cm³/mol. The first kappa shape index (κ1) is 16.6. The van der Waals surface area contributed by atoms with Gasteiger partial charge in [-0.05, 0) is 37.2 Å². The summed E-state index contributed by atoms with van der Waals surface area (Å²) in [5.74, 6) is -0.363. The van der Waals surface area contributed by atoms with Gasteiger partial charge >= 0.3 is 0 Å². The third-order valence-corrected chi connectivity index (χ3v) is 5.15. The van der Waals surface area contributed by atoms with E-state index in [2.05, 4.69) is 4.98 Å². The van der Waals surface area contributed by atoms with Gasteiger partial charge in [-0.1, -0.05) is 6.92 Å². The molecule has 6 heteroatoms. The van der Waals surface area contributed by atoms with E-state index in [4.69, 9.17) is 10.7 Å². The molecule has 2 aromatic heterocycles. The highest BCUT2D eigenvalue weighted by molar-refractivity contribution is 6.02. The molecule has 132 valence electrons. The fourth-order valence-electron chi connectivity index (χ4n) is 3.76. The highest BCUT2D eigenvalue weighted by atomic mass is 19.1. The highest BCUT2D eigenvalue weighted by Crippen LogP contribution is 2.41. The van der Waals surface area contributed by atoms with Crippen molar-refractivity contribution in [1.82, 2.24) is 14.9 Å². The molecule has 0 bridgehead atoms. The van der Waals surface area contributed by atoms with Gasteiger partial charge in [0, 0.05) is 46.7 Å². The number of carbonyl (C=O) groups is 1. The summed E-state index contributed by atoms with van der Waals surface area (Å²) in [4.78, 5) is 22.5. The van der Waals surface area contributed by atoms with Crippen molar-refractivity contribution < 1.29 is 9.18 Å². The number of likely N-dealkylation sites (N-methyl/N-ethyl adjacent to an activating group) is 1. The van der Waals surface area contributed by atoms with E-state index in [1.54, 1.807) is 18.5 Å². The van der Waals surface area contributed by atoms with Crippen LogP contribution in [-0.2, 0) is 11.3 Å². The highest BCUT2D eigenvalue weighted by Gasteiger charge is 2.33. The molecule has 0 fully saturated rings. The zero-order chi connectivity index (χ0) is 18.4. The molecule has 1 aliphatic heterocycles. The van der Waals surface area contributed by atoms with Crippen molar-refractivity contribution >= 4 is 22.9 Å². The van der Waals surface area contributed by atoms with Gasteiger partial charge in [0.25, 0.3) is 0 Å². The lowest BCUT2D eigenvalue weighted by molar-refractivity contribution is -0.112. The zero-order valence-electron chi connectivity index (χ0n) is 14.7. The fourth-order valence-corrected chi connectivity index (χ4v) is 3.76. The SMILES string of the molecule is CCN1Cc2nc3c(-c4cnccc4C)c(F)ccc3c(N)c2C1C=O. The van der Waals surface area contributed by atoms with E-state index in [0.29, 0.717) is 40.8 Å². The Labute approximate surface area is 150 Å². The minimum atomic E-state index is -0.402. The first-order valence-corrected chi connectivity index (χ1v) is 8.57. The van der Waals surface area contributed by atoms with E-state index < -0.39 is 6.04 Å². The van der Waals surface area contributed by atoms with Gasteiger partial charge in [0.1, 0.15) is 12.1 Å². The number of halogens is 1. The van der Waals surface area contributed by atoms with Crippen molar-refractivity contribution in [3.63, 3.8) is 0 Å². The van der Waals surface area contributed by atoms with Crippen LogP contribution >= 0.6 is 0 Å². The first-order chi connectivity index (χ1) is 12.6. The average molecular weight is 350 g/mol. The molecule has 0 radical (unpaired) electrons. The number of aromatic nitrogens is 2. The molecule has 3 heterocycles. The molecule has 0 saturated carbocycles. The normalized spacial score (nSPS) is 16.8. The van der Waals surface area contributed by atoms with Gasteiger partial charge in [-0.25, -0.2) is 4.39 Å². The van der Waals surface area contributed by atoms with E-state index in [1.165, 1.54) is 6.07 Å². The summed E-state index contributed by atoms with van der Waals surface area (Å²) in [6.45, 7) is 5.13. The van der Waals surface area contributed by atoms with E-state index in [9.17, 15) is 9.18 Å². The standard InChI is InChI=1S/C20H19FN4O/c1-3-25-9-15-18(16(25)10-26)19(22)12-4-5-14(21)17(20(12)24-15)13-8-23-7-6-11(13)2/h4-8,10,16H,3,9H2,1-2H3,(H2,22,24). The van der Waals surface area contributed by atoms with Gasteiger partial charge in [0.15, 0.2) is 0 Å². The number of hydrogen-bond acceptors (Lipinski definition) is 5. The Morgan fingerprint density at radius 3 is 2.88 bits per heavy atom. The Kier molecular flexibility index (Phi) is 3.92. The van der Waals surface area contributed by atoms with Crippen LogP contribution in [0.3, 0.4) is 0 Å². The van der Waals surface area contributed by atoms with Gasteiger partial charge in [0.2, 0.25) is 0 Å². The maximum absolute atomic E-state index is 14.8. The Hall–Kier alpha value is -2.86. The van der Waals surface area contributed by atoms with Crippen LogP contribution in [0.4, 0.5) is 10.1 Å². The van der Waals surface area contributed by atoms with E-state index >= 15 is 0 Å². The van der Waals surface area contributed by atoms with E-state index in [0.717, 1.165) is 23.1 Å². The van der Waals surface area contributed by atoms with Gasteiger partial charge in [0.05, 0.1) is 17.3 Å². The number of nitrogen functional groups attached to an aromatic ring is 1. The van der Waals surface area contributed by atoms with Crippen LogP contribution in [0.15, 0.2) is 30.6 Å². The average Bonchev–Trinajstić information content (AvgIpc) is 3.00. The maximum Gasteiger partial charge on any atom is 0.141 e. The molecule has 26 heavy (non-hydrogen) atoms. The van der Waals surface area contributed by atoms with E-state index in [-0.39, 0.29) is 5.82 Å². The molecule has 0 amide bonds. The topological polar surface area (TPSA) is 72.1 Å². The molecular weight excluding hydrogens is 331 g/mol. The number of fused-ring (bicyclic) bond motifs is 2. The second-order valence-corrected chi connectivity index (χ2v) is 6.54. The Morgan fingerprint density at radius 2 is 2.19 bits per heavy atom. The molecule has 1 aromatic carbocycles. The second kappa shape index (κ2) is 6.14. The van der Waals surface area contributed by atoms with Crippen molar-refractivity contribution in [2.75, 3.05) is 12.3 Å². The molecule has 1 aliphatic rings. The van der Waals surface area contributed by atoms with Crippen molar-refractivity contribution in [1.29, 1.82) is 0 Å². The van der Waals surface area contributed by atoms with Crippen LogP contribution in [0, 0.1) is 12.7 Å². The molecule has 0 spiro atoms. The Bertz CT molecular complexity index is 1030. The molecule has 4 rings (SSSR count). The van der Waals surface area contributed by atoms with Gasteiger partial charge in [-0.15, -0.1) is 0 Å². The third kappa shape index (κ3) is 2.29.